The van der Waals surface area contributed by atoms with E-state index in [1.807, 2.05) is 6.07 Å². The Morgan fingerprint density at radius 2 is 1.92 bits per heavy atom. The highest BCUT2D eigenvalue weighted by Crippen LogP contribution is 2.18. The van der Waals surface area contributed by atoms with Gasteiger partial charge in [0.2, 0.25) is 5.91 Å². The summed E-state index contributed by atoms with van der Waals surface area (Å²) < 4.78 is 0.794. The van der Waals surface area contributed by atoms with Gasteiger partial charge in [-0.3, -0.25) is 19.7 Å². The van der Waals surface area contributed by atoms with Crippen molar-refractivity contribution in [1.82, 2.24) is 10.6 Å². The van der Waals surface area contributed by atoms with Crippen molar-refractivity contribution < 1.29 is 14.5 Å². The first-order chi connectivity index (χ1) is 11.9. The second-order valence-electron chi connectivity index (χ2n) is 5.30. The number of hydrogen-bond acceptors (Lipinski definition) is 4. The van der Waals surface area contributed by atoms with Crippen molar-refractivity contribution in [3.05, 3.63) is 73.3 Å². The van der Waals surface area contributed by atoms with E-state index in [1.165, 1.54) is 12.1 Å². The Labute approximate surface area is 158 Å². The van der Waals surface area contributed by atoms with E-state index in [9.17, 15) is 19.7 Å². The molecule has 2 aromatic rings. The Morgan fingerprint density at radius 1 is 1.20 bits per heavy atom. The Bertz CT molecular complexity index is 810. The van der Waals surface area contributed by atoms with Crippen molar-refractivity contribution in [1.29, 1.82) is 0 Å². The molecule has 25 heavy (non-hydrogen) atoms. The Balaban J connectivity index is 1.92. The zero-order valence-electron chi connectivity index (χ0n) is 13.4. The zero-order chi connectivity index (χ0) is 18.4. The number of nitro groups is 1. The average molecular weight is 453 g/mol. The molecule has 2 aromatic carbocycles. The first-order valence-corrected chi connectivity index (χ1v) is 8.53. The molecular formula is C17H16IN3O4. The fraction of sp³-hybridized carbons (Fsp3) is 0.176. The maximum Gasteiger partial charge on any atom is 0.269 e. The van der Waals surface area contributed by atoms with Crippen molar-refractivity contribution >= 4 is 40.1 Å². The van der Waals surface area contributed by atoms with Crippen molar-refractivity contribution in [2.45, 2.75) is 13.0 Å². The summed E-state index contributed by atoms with van der Waals surface area (Å²) in [6.07, 6.45) is 0. The molecule has 7 nitrogen and oxygen atoms in total. The first-order valence-electron chi connectivity index (χ1n) is 7.45. The molecule has 0 aromatic heterocycles. The van der Waals surface area contributed by atoms with Crippen LogP contribution in [-0.2, 0) is 4.79 Å². The van der Waals surface area contributed by atoms with Crippen LogP contribution in [-0.4, -0.2) is 23.3 Å². The third-order valence-electron chi connectivity index (χ3n) is 3.49. The maximum atomic E-state index is 12.1. The molecule has 8 heteroatoms. The lowest BCUT2D eigenvalue weighted by Gasteiger charge is -2.14. The van der Waals surface area contributed by atoms with Crippen LogP contribution in [0.3, 0.4) is 0 Å². The van der Waals surface area contributed by atoms with Crippen molar-refractivity contribution in [3.8, 4) is 0 Å². The fourth-order valence-corrected chi connectivity index (χ4v) is 2.82. The van der Waals surface area contributed by atoms with Gasteiger partial charge in [-0.05, 0) is 47.2 Å². The van der Waals surface area contributed by atoms with Crippen LogP contribution in [0, 0.1) is 13.7 Å². The van der Waals surface area contributed by atoms with Crippen LogP contribution in [0.1, 0.15) is 28.9 Å². The van der Waals surface area contributed by atoms with Gasteiger partial charge < -0.3 is 10.6 Å². The van der Waals surface area contributed by atoms with Crippen molar-refractivity contribution in [3.63, 3.8) is 0 Å². The molecule has 1 unspecified atom stereocenters. The van der Waals surface area contributed by atoms with E-state index in [4.69, 9.17) is 0 Å². The minimum Gasteiger partial charge on any atom is -0.348 e. The number of hydrogen-bond donors (Lipinski definition) is 2. The standard InChI is InChI=1S/C17H16IN3O4/c1-11(12-5-4-6-13(9-12)21(24)25)20-16(22)10-19-17(23)14-7-2-3-8-15(14)18/h2-9,11H,10H2,1H3,(H,19,23)(H,20,22). The fourth-order valence-electron chi connectivity index (χ4n) is 2.18. The number of rotatable bonds is 6. The molecule has 0 saturated carbocycles. The average Bonchev–Trinajstić information content (AvgIpc) is 2.60. The highest BCUT2D eigenvalue weighted by atomic mass is 127. The summed E-state index contributed by atoms with van der Waals surface area (Å²) >= 11 is 2.05. The number of carbonyl (C=O) groups excluding carboxylic acids is 2. The maximum absolute atomic E-state index is 12.1. The minimum atomic E-state index is -0.486. The molecule has 0 aliphatic rings. The molecule has 0 aliphatic carbocycles. The second-order valence-corrected chi connectivity index (χ2v) is 6.47. The number of benzene rings is 2. The number of amides is 2. The monoisotopic (exact) mass is 453 g/mol. The third-order valence-corrected chi connectivity index (χ3v) is 4.43. The number of nitro benzene ring substituents is 1. The van der Waals surface area contributed by atoms with Crippen LogP contribution in [0.4, 0.5) is 5.69 Å². The Kier molecular flexibility index (Phi) is 6.45. The lowest BCUT2D eigenvalue weighted by atomic mass is 10.1. The molecule has 130 valence electrons. The predicted molar refractivity (Wildman–Crippen MR) is 101 cm³/mol. The van der Waals surface area contributed by atoms with E-state index >= 15 is 0 Å². The van der Waals surface area contributed by atoms with Gasteiger partial charge in [-0.2, -0.15) is 0 Å². The predicted octanol–water partition coefficient (Wildman–Crippen LogP) is 2.81. The summed E-state index contributed by atoms with van der Waals surface area (Å²) in [6, 6.07) is 12.7. The van der Waals surface area contributed by atoms with Crippen LogP contribution in [0.5, 0.6) is 0 Å². The van der Waals surface area contributed by atoms with Crippen molar-refractivity contribution in [2.24, 2.45) is 0 Å². The molecule has 0 saturated heterocycles. The first kappa shape index (κ1) is 18.8. The van der Waals surface area contributed by atoms with E-state index in [2.05, 4.69) is 33.2 Å². The van der Waals surface area contributed by atoms with Crippen LogP contribution in [0.15, 0.2) is 48.5 Å². The lowest BCUT2D eigenvalue weighted by molar-refractivity contribution is -0.384. The van der Waals surface area contributed by atoms with E-state index in [-0.39, 0.29) is 24.0 Å². The normalized spacial score (nSPS) is 11.4. The summed E-state index contributed by atoms with van der Waals surface area (Å²) in [5, 5.41) is 16.1. The molecular weight excluding hydrogens is 437 g/mol. The molecule has 2 rings (SSSR count). The van der Waals surface area contributed by atoms with Gasteiger partial charge in [0, 0.05) is 15.7 Å². The van der Waals surface area contributed by atoms with Crippen molar-refractivity contribution in [2.75, 3.05) is 6.54 Å². The summed E-state index contributed by atoms with van der Waals surface area (Å²) in [5.74, 6) is -0.707. The molecule has 0 spiro atoms. The summed E-state index contributed by atoms with van der Waals surface area (Å²) in [7, 11) is 0. The number of halogens is 1. The third kappa shape index (κ3) is 5.24. The molecule has 0 heterocycles. The zero-order valence-corrected chi connectivity index (χ0v) is 15.5. The smallest absolute Gasteiger partial charge is 0.269 e. The second kappa shape index (κ2) is 8.56. The van der Waals surface area contributed by atoms with Crippen LogP contribution >= 0.6 is 22.6 Å². The molecule has 2 amide bonds. The van der Waals surface area contributed by atoms with Crippen LogP contribution < -0.4 is 10.6 Å². The largest absolute Gasteiger partial charge is 0.348 e. The van der Waals surface area contributed by atoms with Gasteiger partial charge in [-0.15, -0.1) is 0 Å². The Hall–Kier alpha value is -2.49. The van der Waals surface area contributed by atoms with Gasteiger partial charge in [0.05, 0.1) is 23.1 Å². The molecule has 1 atom stereocenters. The van der Waals surface area contributed by atoms with Gasteiger partial charge >= 0.3 is 0 Å². The highest BCUT2D eigenvalue weighted by Gasteiger charge is 2.15. The molecule has 0 radical (unpaired) electrons. The van der Waals surface area contributed by atoms with Gasteiger partial charge in [0.1, 0.15) is 0 Å². The van der Waals surface area contributed by atoms with E-state index in [0.29, 0.717) is 11.1 Å². The summed E-state index contributed by atoms with van der Waals surface area (Å²) in [4.78, 5) is 34.4. The van der Waals surface area contributed by atoms with Crippen LogP contribution in [0.2, 0.25) is 0 Å². The van der Waals surface area contributed by atoms with Gasteiger partial charge in [0.15, 0.2) is 0 Å². The topological polar surface area (TPSA) is 101 Å². The minimum absolute atomic E-state index is 0.0365. The van der Waals surface area contributed by atoms with Gasteiger partial charge in [-0.1, -0.05) is 24.3 Å². The quantitative estimate of drug-likeness (QED) is 0.399. The molecule has 0 aliphatic heterocycles. The molecule has 2 N–H and O–H groups in total. The van der Waals surface area contributed by atoms with E-state index < -0.39 is 11.0 Å². The number of non-ortho nitro benzene ring substituents is 1. The van der Waals surface area contributed by atoms with E-state index in [0.717, 1.165) is 3.57 Å². The molecule has 0 fully saturated rings. The van der Waals surface area contributed by atoms with E-state index in [1.54, 1.807) is 37.3 Å². The molecule has 0 bridgehead atoms. The number of nitrogens with zero attached hydrogens (tertiary/aromatic N) is 1. The number of nitrogens with one attached hydrogen (secondary N) is 2. The summed E-state index contributed by atoms with van der Waals surface area (Å²) in [5.41, 5.74) is 1.08. The summed E-state index contributed by atoms with van der Waals surface area (Å²) in [6.45, 7) is 1.54. The van der Waals surface area contributed by atoms with Gasteiger partial charge in [-0.25, -0.2) is 0 Å². The highest BCUT2D eigenvalue weighted by molar-refractivity contribution is 14.1. The SMILES string of the molecule is CC(NC(=O)CNC(=O)c1ccccc1I)c1cccc([N+](=O)[O-])c1. The Morgan fingerprint density at radius 3 is 2.60 bits per heavy atom. The lowest BCUT2D eigenvalue weighted by Crippen LogP contribution is -2.38. The van der Waals surface area contributed by atoms with Crippen LogP contribution in [0.25, 0.3) is 0 Å². The number of carbonyl (C=O) groups is 2. The van der Waals surface area contributed by atoms with Gasteiger partial charge in [0.25, 0.3) is 11.6 Å².